The molecule has 0 aliphatic heterocycles. The van der Waals surface area contributed by atoms with Crippen LogP contribution >= 0.6 is 0 Å². The van der Waals surface area contributed by atoms with E-state index in [1.165, 1.54) is 17.7 Å². The summed E-state index contributed by atoms with van der Waals surface area (Å²) in [7, 11) is 0. The van der Waals surface area contributed by atoms with E-state index in [0.717, 1.165) is 10.9 Å². The van der Waals surface area contributed by atoms with Gasteiger partial charge in [-0.15, -0.1) is 6.42 Å². The number of carbonyl (C=O) groups is 2. The van der Waals surface area contributed by atoms with Gasteiger partial charge in [0.1, 0.15) is 12.4 Å². The minimum absolute atomic E-state index is 0.0560. The van der Waals surface area contributed by atoms with Gasteiger partial charge in [0.15, 0.2) is 5.82 Å². The van der Waals surface area contributed by atoms with Crippen molar-refractivity contribution in [3.63, 3.8) is 0 Å². The lowest BCUT2D eigenvalue weighted by Crippen LogP contribution is -2.10. The molecule has 0 saturated carbocycles. The van der Waals surface area contributed by atoms with Crippen LogP contribution in [0.3, 0.4) is 0 Å². The number of ether oxygens (including phenoxy) is 1. The Morgan fingerprint density at radius 3 is 2.34 bits per heavy atom. The second-order valence-electron chi connectivity index (χ2n) is 8.45. The van der Waals surface area contributed by atoms with Gasteiger partial charge in [-0.3, -0.25) is 4.79 Å². The summed E-state index contributed by atoms with van der Waals surface area (Å²) < 4.78 is 5.59. The maximum absolute atomic E-state index is 13.1. The monoisotopic (exact) mass is 464 g/mol. The molecule has 3 aromatic carbocycles. The van der Waals surface area contributed by atoms with Crippen LogP contribution in [-0.2, 0) is 6.42 Å². The molecule has 1 N–H and O–H groups in total. The summed E-state index contributed by atoms with van der Waals surface area (Å²) in [5.41, 5.74) is 4.14. The number of carboxylic acids is 1. The molecule has 174 valence electrons. The van der Waals surface area contributed by atoms with Gasteiger partial charge in [-0.1, -0.05) is 56.2 Å². The first-order valence-electron chi connectivity index (χ1n) is 11.2. The number of fused-ring (bicyclic) bond motifs is 1. The number of hydrogen-bond donors (Lipinski definition) is 1. The van der Waals surface area contributed by atoms with E-state index in [9.17, 15) is 9.59 Å². The molecule has 0 radical (unpaired) electrons. The topological polar surface area (TPSA) is 89.4 Å². The van der Waals surface area contributed by atoms with E-state index < -0.39 is 5.97 Å². The zero-order valence-corrected chi connectivity index (χ0v) is 19.5. The smallest absolute Gasteiger partial charge is 0.335 e. The molecule has 0 spiro atoms. The number of terminal acetylenes is 1. The van der Waals surface area contributed by atoms with E-state index >= 15 is 0 Å². The van der Waals surface area contributed by atoms with Crippen LogP contribution in [0, 0.1) is 12.3 Å². The Morgan fingerprint density at radius 2 is 1.71 bits per heavy atom. The third-order valence-corrected chi connectivity index (χ3v) is 5.66. The van der Waals surface area contributed by atoms with Gasteiger partial charge in [0, 0.05) is 17.4 Å². The van der Waals surface area contributed by atoms with Crippen LogP contribution in [-0.4, -0.2) is 33.4 Å². The number of aromatic nitrogens is 2. The summed E-state index contributed by atoms with van der Waals surface area (Å²) in [6.45, 7) is 4.40. The molecule has 0 aliphatic rings. The van der Waals surface area contributed by atoms with Crippen molar-refractivity contribution in [2.24, 2.45) is 0 Å². The van der Waals surface area contributed by atoms with Crippen LogP contribution in [0.1, 0.15) is 51.9 Å². The van der Waals surface area contributed by atoms with Crippen LogP contribution in [0.5, 0.6) is 5.75 Å². The largest absolute Gasteiger partial charge is 0.481 e. The van der Waals surface area contributed by atoms with E-state index in [-0.39, 0.29) is 30.2 Å². The van der Waals surface area contributed by atoms with Gasteiger partial charge in [0.2, 0.25) is 5.78 Å². The third-order valence-electron chi connectivity index (χ3n) is 5.66. The van der Waals surface area contributed by atoms with Crippen molar-refractivity contribution >= 4 is 22.7 Å². The van der Waals surface area contributed by atoms with Gasteiger partial charge in [-0.05, 0) is 47.4 Å². The van der Waals surface area contributed by atoms with Crippen molar-refractivity contribution in [3.8, 4) is 29.4 Å². The Hall–Kier alpha value is -4.50. The van der Waals surface area contributed by atoms with Crippen molar-refractivity contribution in [2.75, 3.05) is 6.61 Å². The Morgan fingerprint density at radius 1 is 1.00 bits per heavy atom. The van der Waals surface area contributed by atoms with E-state index in [2.05, 4.69) is 41.9 Å². The molecular weight excluding hydrogens is 440 g/mol. The molecule has 0 fully saturated rings. The quantitative estimate of drug-likeness (QED) is 0.271. The van der Waals surface area contributed by atoms with Crippen LogP contribution in [0.15, 0.2) is 66.7 Å². The molecule has 0 saturated heterocycles. The van der Waals surface area contributed by atoms with Crippen LogP contribution < -0.4 is 4.74 Å². The number of hydrogen-bond acceptors (Lipinski definition) is 5. The van der Waals surface area contributed by atoms with Crippen LogP contribution in [0.4, 0.5) is 0 Å². The number of carboxylic acid groups (broad SMARTS) is 1. The first kappa shape index (κ1) is 23.7. The Kier molecular flexibility index (Phi) is 6.88. The molecular formula is C29H24N2O4. The van der Waals surface area contributed by atoms with Crippen molar-refractivity contribution in [2.45, 2.75) is 26.2 Å². The van der Waals surface area contributed by atoms with E-state index in [0.29, 0.717) is 28.4 Å². The maximum atomic E-state index is 13.1. The Balaban J connectivity index is 1.75. The number of Topliss-reactive ketones (excluding diaryl/α,β-unsaturated/α-hetero) is 1. The van der Waals surface area contributed by atoms with Crippen molar-refractivity contribution in [1.82, 2.24) is 9.97 Å². The summed E-state index contributed by atoms with van der Waals surface area (Å²) in [5, 5.41) is 9.83. The van der Waals surface area contributed by atoms with E-state index in [1.807, 2.05) is 18.2 Å². The first-order valence-corrected chi connectivity index (χ1v) is 11.2. The van der Waals surface area contributed by atoms with Gasteiger partial charge in [0.05, 0.1) is 16.8 Å². The fourth-order valence-electron chi connectivity index (χ4n) is 3.72. The molecule has 0 aliphatic carbocycles. The molecule has 6 nitrogen and oxygen atoms in total. The first-order chi connectivity index (χ1) is 16.9. The van der Waals surface area contributed by atoms with Gasteiger partial charge in [-0.2, -0.15) is 0 Å². The zero-order valence-electron chi connectivity index (χ0n) is 19.5. The summed E-state index contributed by atoms with van der Waals surface area (Å²) in [6.07, 6.45) is 5.38. The average Bonchev–Trinajstić information content (AvgIpc) is 2.87. The molecule has 0 atom stereocenters. The number of carbonyl (C=O) groups excluding carboxylic acids is 1. The molecule has 35 heavy (non-hydrogen) atoms. The minimum Gasteiger partial charge on any atom is -0.481 e. The van der Waals surface area contributed by atoms with Gasteiger partial charge >= 0.3 is 5.97 Å². The van der Waals surface area contributed by atoms with Gasteiger partial charge in [0.25, 0.3) is 0 Å². The highest BCUT2D eigenvalue weighted by molar-refractivity contribution is 6.00. The van der Waals surface area contributed by atoms with Crippen molar-refractivity contribution in [3.05, 3.63) is 89.2 Å². The maximum Gasteiger partial charge on any atom is 0.335 e. The highest BCUT2D eigenvalue weighted by Gasteiger charge is 2.17. The molecule has 4 aromatic rings. The summed E-state index contributed by atoms with van der Waals surface area (Å²) in [5.74, 6) is 2.26. The number of benzene rings is 3. The summed E-state index contributed by atoms with van der Waals surface area (Å²) in [6, 6.07) is 19.7. The zero-order chi connectivity index (χ0) is 24.9. The van der Waals surface area contributed by atoms with Gasteiger partial charge < -0.3 is 9.84 Å². The standard InChI is InChI=1S/C29H24N2O4/c1-4-15-35-23-13-14-25-24(17-23)27(21-11-9-20(10-12-21)18(2)3)31-28(30-25)26(32)16-19-5-7-22(8-6-19)29(33)34/h1,5-14,17-18H,15-16H2,2-3H3,(H,33,34). The molecule has 1 heterocycles. The highest BCUT2D eigenvalue weighted by atomic mass is 16.5. The van der Waals surface area contributed by atoms with E-state index in [4.69, 9.17) is 16.3 Å². The van der Waals surface area contributed by atoms with Gasteiger partial charge in [-0.25, -0.2) is 14.8 Å². The SMILES string of the molecule is C#CCOc1ccc2nc(C(=O)Cc3ccc(C(=O)O)cc3)nc(-c3ccc(C(C)C)cc3)c2c1. The molecule has 0 unspecified atom stereocenters. The third kappa shape index (κ3) is 5.36. The molecule has 1 aromatic heterocycles. The molecule has 0 bridgehead atoms. The fourth-order valence-corrected chi connectivity index (χ4v) is 3.72. The molecule has 6 heteroatoms. The predicted octanol–water partition coefficient (Wildman–Crippen LogP) is 5.56. The van der Waals surface area contributed by atoms with E-state index in [1.54, 1.807) is 24.3 Å². The molecule has 4 rings (SSSR count). The average molecular weight is 465 g/mol. The fraction of sp³-hybridized carbons (Fsp3) is 0.172. The Labute approximate surface area is 203 Å². The normalized spacial score (nSPS) is 10.8. The summed E-state index contributed by atoms with van der Waals surface area (Å²) in [4.78, 5) is 33.4. The Bertz CT molecular complexity index is 1430. The minimum atomic E-state index is -1.01. The lowest BCUT2D eigenvalue weighted by molar-refractivity contribution is 0.0696. The van der Waals surface area contributed by atoms with Crippen LogP contribution in [0.2, 0.25) is 0 Å². The number of rotatable bonds is 8. The lowest BCUT2D eigenvalue weighted by Gasteiger charge is -2.12. The predicted molar refractivity (Wildman–Crippen MR) is 135 cm³/mol. The second kappa shape index (κ2) is 10.2. The molecule has 0 amide bonds. The van der Waals surface area contributed by atoms with Crippen molar-refractivity contribution < 1.29 is 19.4 Å². The number of aromatic carboxylic acids is 1. The number of nitrogens with zero attached hydrogens (tertiary/aromatic N) is 2. The summed E-state index contributed by atoms with van der Waals surface area (Å²) >= 11 is 0. The lowest BCUT2D eigenvalue weighted by atomic mass is 9.99. The van der Waals surface area contributed by atoms with Crippen molar-refractivity contribution in [1.29, 1.82) is 0 Å². The van der Waals surface area contributed by atoms with Crippen LogP contribution in [0.25, 0.3) is 22.2 Å². The number of ketones is 1. The second-order valence-corrected chi connectivity index (χ2v) is 8.45. The highest BCUT2D eigenvalue weighted by Crippen LogP contribution is 2.30.